The molecule has 0 saturated carbocycles. The van der Waals surface area contributed by atoms with Gasteiger partial charge in [-0.1, -0.05) is 43.3 Å². The molecule has 2 N–H and O–H groups in total. The Morgan fingerprint density at radius 2 is 1.66 bits per heavy atom. The Morgan fingerprint density at radius 1 is 1.00 bits per heavy atom. The monoisotopic (exact) mass is 396 g/mol. The van der Waals surface area contributed by atoms with Crippen LogP contribution in [0.2, 0.25) is 0 Å². The van der Waals surface area contributed by atoms with Crippen molar-refractivity contribution >= 4 is 11.9 Å². The lowest BCUT2D eigenvalue weighted by Gasteiger charge is -2.15. The van der Waals surface area contributed by atoms with Crippen LogP contribution >= 0.6 is 0 Å². The summed E-state index contributed by atoms with van der Waals surface area (Å²) in [6.07, 6.45) is 1.02. The molecule has 6 nitrogen and oxygen atoms in total. The molecule has 0 aliphatic rings. The Bertz CT molecular complexity index is 801. The van der Waals surface area contributed by atoms with E-state index in [0.29, 0.717) is 25.3 Å². The van der Waals surface area contributed by atoms with Crippen molar-refractivity contribution in [3.8, 4) is 0 Å². The predicted octanol–water partition coefficient (Wildman–Crippen LogP) is 3.18. The highest BCUT2D eigenvalue weighted by atomic mass is 16.5. The lowest BCUT2D eigenvalue weighted by atomic mass is 10.1. The minimum absolute atomic E-state index is 0.00330. The smallest absolute Gasteiger partial charge is 0.253 e. The molecule has 0 spiro atoms. The molecule has 0 unspecified atom stereocenters. The number of amides is 1. The molecule has 0 aromatic heterocycles. The van der Waals surface area contributed by atoms with Crippen LogP contribution < -0.4 is 10.6 Å². The van der Waals surface area contributed by atoms with E-state index in [-0.39, 0.29) is 5.91 Å². The van der Waals surface area contributed by atoms with Crippen LogP contribution in [0.1, 0.15) is 40.4 Å². The van der Waals surface area contributed by atoms with E-state index in [2.05, 4.69) is 34.7 Å². The molecule has 156 valence electrons. The summed E-state index contributed by atoms with van der Waals surface area (Å²) in [6.45, 7) is 4.79. The van der Waals surface area contributed by atoms with Gasteiger partial charge in [0.15, 0.2) is 5.96 Å². The van der Waals surface area contributed by atoms with Crippen LogP contribution in [-0.4, -0.2) is 44.5 Å². The van der Waals surface area contributed by atoms with E-state index in [9.17, 15) is 4.79 Å². The van der Waals surface area contributed by atoms with E-state index in [1.165, 1.54) is 11.1 Å². The first kappa shape index (κ1) is 22.4. The molecule has 6 heteroatoms. The van der Waals surface area contributed by atoms with Crippen molar-refractivity contribution in [3.63, 3.8) is 0 Å². The van der Waals surface area contributed by atoms with Gasteiger partial charge >= 0.3 is 0 Å². The maximum atomic E-state index is 12.0. The predicted molar refractivity (Wildman–Crippen MR) is 118 cm³/mol. The highest BCUT2D eigenvalue weighted by Crippen LogP contribution is 2.10. The number of nitrogens with one attached hydrogen (secondary N) is 2. The SMILES string of the molecule is CCCOCc1ccccc1CNC(=NC)NCc1ccc(C(=O)N(C)C)cc1. The minimum Gasteiger partial charge on any atom is -0.377 e. The number of nitrogens with zero attached hydrogens (tertiary/aromatic N) is 2. The molecular weight excluding hydrogens is 364 g/mol. The molecule has 0 aliphatic heterocycles. The molecule has 2 aromatic rings. The van der Waals surface area contributed by atoms with Crippen LogP contribution in [-0.2, 0) is 24.4 Å². The van der Waals surface area contributed by atoms with Crippen LogP contribution in [0.15, 0.2) is 53.5 Å². The largest absolute Gasteiger partial charge is 0.377 e. The molecule has 0 bridgehead atoms. The second-order valence-electron chi connectivity index (χ2n) is 7.00. The zero-order chi connectivity index (χ0) is 21.1. The maximum Gasteiger partial charge on any atom is 0.253 e. The summed E-state index contributed by atoms with van der Waals surface area (Å²) in [6, 6.07) is 15.9. The highest BCUT2D eigenvalue weighted by molar-refractivity contribution is 5.93. The topological polar surface area (TPSA) is 66.0 Å². The second-order valence-corrected chi connectivity index (χ2v) is 7.00. The number of carbonyl (C=O) groups excluding carboxylic acids is 1. The number of guanidine groups is 1. The third-order valence-corrected chi connectivity index (χ3v) is 4.46. The van der Waals surface area contributed by atoms with Crippen molar-refractivity contribution in [2.24, 2.45) is 4.99 Å². The van der Waals surface area contributed by atoms with Gasteiger partial charge < -0.3 is 20.3 Å². The quantitative estimate of drug-likeness (QED) is 0.388. The third kappa shape index (κ3) is 7.23. The molecule has 0 fully saturated rings. The fraction of sp³-hybridized carbons (Fsp3) is 0.391. The molecule has 0 aliphatic carbocycles. The first-order chi connectivity index (χ1) is 14.0. The number of rotatable bonds is 9. The van der Waals surface area contributed by atoms with Gasteiger partial charge in [-0.05, 0) is 35.2 Å². The summed E-state index contributed by atoms with van der Waals surface area (Å²) in [5.74, 6) is 0.728. The Morgan fingerprint density at radius 3 is 2.28 bits per heavy atom. The van der Waals surface area contributed by atoms with Crippen molar-refractivity contribution in [2.45, 2.75) is 33.0 Å². The van der Waals surface area contributed by atoms with E-state index in [4.69, 9.17) is 4.74 Å². The number of hydrogen-bond donors (Lipinski definition) is 2. The molecule has 2 aromatic carbocycles. The first-order valence-electron chi connectivity index (χ1n) is 9.94. The van der Waals surface area contributed by atoms with Gasteiger partial charge in [-0.2, -0.15) is 0 Å². The van der Waals surface area contributed by atoms with Crippen LogP contribution in [0.5, 0.6) is 0 Å². The Labute approximate surface area is 174 Å². The summed E-state index contributed by atoms with van der Waals surface area (Å²) >= 11 is 0. The summed E-state index contributed by atoms with van der Waals surface area (Å²) in [7, 11) is 5.26. The molecular formula is C23H32N4O2. The van der Waals surface area contributed by atoms with Gasteiger partial charge in [0.2, 0.25) is 0 Å². The third-order valence-electron chi connectivity index (χ3n) is 4.46. The average Bonchev–Trinajstić information content (AvgIpc) is 2.74. The Kier molecular flexibility index (Phi) is 9.18. The van der Waals surface area contributed by atoms with Crippen LogP contribution in [0.4, 0.5) is 0 Å². The molecule has 0 heterocycles. The van der Waals surface area contributed by atoms with Gasteiger partial charge in [-0.25, -0.2) is 0 Å². The van der Waals surface area contributed by atoms with Crippen LogP contribution in [0.3, 0.4) is 0 Å². The minimum atomic E-state index is 0.00330. The number of ether oxygens (including phenoxy) is 1. The zero-order valence-electron chi connectivity index (χ0n) is 17.9. The summed E-state index contributed by atoms with van der Waals surface area (Å²) in [5.41, 5.74) is 4.14. The van der Waals surface area contributed by atoms with Crippen molar-refractivity contribution in [2.75, 3.05) is 27.7 Å². The zero-order valence-corrected chi connectivity index (χ0v) is 17.9. The Balaban J connectivity index is 1.88. The summed E-state index contributed by atoms with van der Waals surface area (Å²) < 4.78 is 5.69. The van der Waals surface area contributed by atoms with Crippen molar-refractivity contribution in [1.82, 2.24) is 15.5 Å². The number of benzene rings is 2. The fourth-order valence-electron chi connectivity index (χ4n) is 2.81. The summed E-state index contributed by atoms with van der Waals surface area (Å²) in [4.78, 5) is 17.8. The number of carbonyl (C=O) groups is 1. The van der Waals surface area contributed by atoms with Gasteiger partial charge in [0.25, 0.3) is 5.91 Å². The fourth-order valence-corrected chi connectivity index (χ4v) is 2.81. The Hall–Kier alpha value is -2.86. The second kappa shape index (κ2) is 11.9. The van der Waals surface area contributed by atoms with Crippen LogP contribution in [0, 0.1) is 0 Å². The van der Waals surface area contributed by atoms with E-state index in [0.717, 1.165) is 24.6 Å². The van der Waals surface area contributed by atoms with Gasteiger partial charge in [0.05, 0.1) is 6.61 Å². The molecule has 29 heavy (non-hydrogen) atoms. The van der Waals surface area contributed by atoms with E-state index < -0.39 is 0 Å². The van der Waals surface area contributed by atoms with Crippen molar-refractivity contribution < 1.29 is 9.53 Å². The van der Waals surface area contributed by atoms with Crippen LogP contribution in [0.25, 0.3) is 0 Å². The summed E-state index contributed by atoms with van der Waals surface area (Å²) in [5, 5.41) is 6.67. The number of aliphatic imine (C=N–C) groups is 1. The molecule has 0 radical (unpaired) electrons. The molecule has 0 atom stereocenters. The van der Waals surface area contributed by atoms with Crippen molar-refractivity contribution in [1.29, 1.82) is 0 Å². The number of hydrogen-bond acceptors (Lipinski definition) is 3. The van der Waals surface area contributed by atoms with E-state index in [1.54, 1.807) is 26.0 Å². The standard InChI is InChI=1S/C23H32N4O2/c1-5-14-29-17-21-9-7-6-8-20(21)16-26-23(24-2)25-15-18-10-12-19(13-11-18)22(28)27(3)4/h6-13H,5,14-17H2,1-4H3,(H2,24,25,26). The molecule has 2 rings (SSSR count). The first-order valence-corrected chi connectivity index (χ1v) is 9.94. The lowest BCUT2D eigenvalue weighted by molar-refractivity contribution is 0.0827. The lowest BCUT2D eigenvalue weighted by Crippen LogP contribution is -2.36. The normalized spacial score (nSPS) is 11.2. The van der Waals surface area contributed by atoms with E-state index in [1.807, 2.05) is 36.4 Å². The van der Waals surface area contributed by atoms with Crippen molar-refractivity contribution in [3.05, 3.63) is 70.8 Å². The molecule has 0 saturated heterocycles. The molecule has 1 amide bonds. The maximum absolute atomic E-state index is 12.0. The average molecular weight is 397 g/mol. The highest BCUT2D eigenvalue weighted by Gasteiger charge is 2.08. The van der Waals surface area contributed by atoms with Gasteiger partial charge in [0.1, 0.15) is 0 Å². The van der Waals surface area contributed by atoms with Gasteiger partial charge in [-0.3, -0.25) is 9.79 Å². The van der Waals surface area contributed by atoms with Gasteiger partial charge in [0, 0.05) is 46.4 Å². The van der Waals surface area contributed by atoms with E-state index >= 15 is 0 Å². The van der Waals surface area contributed by atoms with Gasteiger partial charge in [-0.15, -0.1) is 0 Å².